The van der Waals surface area contributed by atoms with Gasteiger partial charge in [0, 0.05) is 26.3 Å². The van der Waals surface area contributed by atoms with Crippen molar-refractivity contribution < 1.29 is 0 Å². The highest BCUT2D eigenvalue weighted by Crippen LogP contribution is 2.06. The number of aromatic amines is 1. The molecule has 0 spiro atoms. The van der Waals surface area contributed by atoms with E-state index in [1.165, 1.54) is 11.1 Å². The van der Waals surface area contributed by atoms with Crippen molar-refractivity contribution in [2.24, 2.45) is 4.99 Å². The number of rotatable bonds is 5. The number of aliphatic imine (C=N–C) groups is 1. The standard InChI is InChI=1S/C16H23N5/c1-4-17-16(18-11-15-9-10-19-20-15)21(3)12-14-7-5-13(2)6-8-14/h5-10H,4,11-12H2,1-3H3,(H,17,18)(H,19,20). The third kappa shape index (κ3) is 4.63. The van der Waals surface area contributed by atoms with Crippen LogP contribution >= 0.6 is 0 Å². The molecule has 112 valence electrons. The van der Waals surface area contributed by atoms with Crippen molar-refractivity contribution in [1.82, 2.24) is 20.4 Å². The fourth-order valence-electron chi connectivity index (χ4n) is 2.04. The predicted octanol–water partition coefficient (Wildman–Crippen LogP) is 2.32. The number of aryl methyl sites for hydroxylation is 1. The molecular formula is C16H23N5. The first-order valence-corrected chi connectivity index (χ1v) is 7.22. The first-order valence-electron chi connectivity index (χ1n) is 7.22. The van der Waals surface area contributed by atoms with E-state index in [9.17, 15) is 0 Å². The topological polar surface area (TPSA) is 56.3 Å². The van der Waals surface area contributed by atoms with E-state index in [4.69, 9.17) is 0 Å². The van der Waals surface area contributed by atoms with E-state index in [0.717, 1.165) is 24.7 Å². The second-order valence-corrected chi connectivity index (χ2v) is 5.09. The molecule has 0 fully saturated rings. The van der Waals surface area contributed by atoms with Crippen LogP contribution in [0, 0.1) is 6.92 Å². The summed E-state index contributed by atoms with van der Waals surface area (Å²) in [6.45, 7) is 6.45. The number of hydrogen-bond acceptors (Lipinski definition) is 2. The third-order valence-corrected chi connectivity index (χ3v) is 3.19. The fraction of sp³-hybridized carbons (Fsp3) is 0.375. The number of nitrogens with zero attached hydrogens (tertiary/aromatic N) is 3. The Kier molecular flexibility index (Phi) is 5.37. The van der Waals surface area contributed by atoms with Gasteiger partial charge in [-0.3, -0.25) is 5.10 Å². The molecule has 0 aliphatic carbocycles. The van der Waals surface area contributed by atoms with Gasteiger partial charge in [0.05, 0.1) is 12.2 Å². The zero-order valence-electron chi connectivity index (χ0n) is 12.9. The maximum Gasteiger partial charge on any atom is 0.194 e. The van der Waals surface area contributed by atoms with Crippen LogP contribution < -0.4 is 5.32 Å². The largest absolute Gasteiger partial charge is 0.357 e. The fourth-order valence-corrected chi connectivity index (χ4v) is 2.04. The molecule has 0 unspecified atom stereocenters. The van der Waals surface area contributed by atoms with Crippen molar-refractivity contribution in [3.63, 3.8) is 0 Å². The smallest absolute Gasteiger partial charge is 0.194 e. The minimum absolute atomic E-state index is 0.598. The molecule has 0 bridgehead atoms. The summed E-state index contributed by atoms with van der Waals surface area (Å²) in [4.78, 5) is 6.76. The van der Waals surface area contributed by atoms with Gasteiger partial charge in [-0.05, 0) is 25.5 Å². The zero-order chi connectivity index (χ0) is 15.1. The third-order valence-electron chi connectivity index (χ3n) is 3.19. The minimum atomic E-state index is 0.598. The summed E-state index contributed by atoms with van der Waals surface area (Å²) < 4.78 is 0. The lowest BCUT2D eigenvalue weighted by Gasteiger charge is -2.22. The second kappa shape index (κ2) is 7.47. The summed E-state index contributed by atoms with van der Waals surface area (Å²) in [6.07, 6.45) is 1.74. The van der Waals surface area contributed by atoms with E-state index < -0.39 is 0 Å². The normalized spacial score (nSPS) is 11.5. The summed E-state index contributed by atoms with van der Waals surface area (Å²) in [5, 5.41) is 10.2. The highest BCUT2D eigenvalue weighted by Gasteiger charge is 2.06. The average molecular weight is 285 g/mol. The lowest BCUT2D eigenvalue weighted by molar-refractivity contribution is 0.476. The number of benzene rings is 1. The molecule has 2 aromatic rings. The van der Waals surface area contributed by atoms with E-state index in [1.54, 1.807) is 6.20 Å². The minimum Gasteiger partial charge on any atom is -0.357 e. The van der Waals surface area contributed by atoms with Crippen LogP contribution in [0.5, 0.6) is 0 Å². The maximum atomic E-state index is 4.63. The van der Waals surface area contributed by atoms with Gasteiger partial charge in [-0.2, -0.15) is 5.10 Å². The molecule has 0 atom stereocenters. The van der Waals surface area contributed by atoms with Crippen LogP contribution in [0.4, 0.5) is 0 Å². The van der Waals surface area contributed by atoms with Crippen molar-refractivity contribution in [3.05, 3.63) is 53.3 Å². The number of nitrogens with one attached hydrogen (secondary N) is 2. The number of guanidine groups is 1. The summed E-state index contributed by atoms with van der Waals surface area (Å²) in [5.74, 6) is 0.896. The first kappa shape index (κ1) is 15.1. The van der Waals surface area contributed by atoms with Crippen LogP contribution in [0.2, 0.25) is 0 Å². The van der Waals surface area contributed by atoms with Crippen molar-refractivity contribution >= 4 is 5.96 Å². The second-order valence-electron chi connectivity index (χ2n) is 5.09. The Morgan fingerprint density at radius 2 is 2.05 bits per heavy atom. The zero-order valence-corrected chi connectivity index (χ0v) is 12.9. The van der Waals surface area contributed by atoms with E-state index in [1.807, 2.05) is 13.1 Å². The molecule has 1 heterocycles. The van der Waals surface area contributed by atoms with E-state index in [-0.39, 0.29) is 0 Å². The lowest BCUT2D eigenvalue weighted by Crippen LogP contribution is -2.38. The summed E-state index contributed by atoms with van der Waals surface area (Å²) in [5.41, 5.74) is 3.56. The monoisotopic (exact) mass is 285 g/mol. The molecule has 5 nitrogen and oxygen atoms in total. The Bertz CT molecular complexity index is 557. The van der Waals surface area contributed by atoms with Gasteiger partial charge in [0.1, 0.15) is 0 Å². The Morgan fingerprint density at radius 1 is 1.29 bits per heavy atom. The van der Waals surface area contributed by atoms with Gasteiger partial charge in [-0.15, -0.1) is 0 Å². The van der Waals surface area contributed by atoms with Crippen LogP contribution in [-0.2, 0) is 13.1 Å². The van der Waals surface area contributed by atoms with E-state index in [0.29, 0.717) is 6.54 Å². The van der Waals surface area contributed by atoms with Crippen LogP contribution in [0.1, 0.15) is 23.7 Å². The maximum absolute atomic E-state index is 4.63. The molecule has 2 rings (SSSR count). The number of aromatic nitrogens is 2. The average Bonchev–Trinajstić information content (AvgIpc) is 2.99. The van der Waals surface area contributed by atoms with E-state index >= 15 is 0 Å². The summed E-state index contributed by atoms with van der Waals surface area (Å²) >= 11 is 0. The van der Waals surface area contributed by atoms with Crippen molar-refractivity contribution in [1.29, 1.82) is 0 Å². The van der Waals surface area contributed by atoms with Crippen molar-refractivity contribution in [2.45, 2.75) is 26.9 Å². The molecule has 21 heavy (non-hydrogen) atoms. The predicted molar refractivity (Wildman–Crippen MR) is 86.0 cm³/mol. The molecule has 2 N–H and O–H groups in total. The highest BCUT2D eigenvalue weighted by molar-refractivity contribution is 5.79. The lowest BCUT2D eigenvalue weighted by atomic mass is 10.1. The number of hydrogen-bond donors (Lipinski definition) is 2. The molecule has 0 amide bonds. The van der Waals surface area contributed by atoms with Gasteiger partial charge in [-0.1, -0.05) is 29.8 Å². The van der Waals surface area contributed by atoms with Crippen molar-refractivity contribution in [3.8, 4) is 0 Å². The van der Waals surface area contributed by atoms with Gasteiger partial charge >= 0.3 is 0 Å². The van der Waals surface area contributed by atoms with Gasteiger partial charge in [0.25, 0.3) is 0 Å². The quantitative estimate of drug-likeness (QED) is 0.655. The van der Waals surface area contributed by atoms with Gasteiger partial charge < -0.3 is 10.2 Å². The van der Waals surface area contributed by atoms with Gasteiger partial charge in [-0.25, -0.2) is 4.99 Å². The molecule has 0 radical (unpaired) electrons. The summed E-state index contributed by atoms with van der Waals surface area (Å²) in [6, 6.07) is 10.5. The molecule has 0 aliphatic heterocycles. The summed E-state index contributed by atoms with van der Waals surface area (Å²) in [7, 11) is 2.05. The Labute approximate surface area is 126 Å². The van der Waals surface area contributed by atoms with Crippen LogP contribution in [0.3, 0.4) is 0 Å². The molecule has 1 aromatic carbocycles. The Balaban J connectivity index is 2.02. The van der Waals surface area contributed by atoms with Crippen LogP contribution in [0.25, 0.3) is 0 Å². The van der Waals surface area contributed by atoms with Gasteiger partial charge in [0.15, 0.2) is 5.96 Å². The molecular weight excluding hydrogens is 262 g/mol. The molecule has 1 aromatic heterocycles. The molecule has 0 saturated heterocycles. The van der Waals surface area contributed by atoms with Gasteiger partial charge in [0.2, 0.25) is 0 Å². The van der Waals surface area contributed by atoms with E-state index in [2.05, 4.69) is 63.5 Å². The molecule has 0 aliphatic rings. The van der Waals surface area contributed by atoms with Crippen molar-refractivity contribution in [2.75, 3.05) is 13.6 Å². The molecule has 0 saturated carbocycles. The highest BCUT2D eigenvalue weighted by atomic mass is 15.3. The molecule has 5 heteroatoms. The first-order chi connectivity index (χ1) is 10.2. The van der Waals surface area contributed by atoms with Crippen LogP contribution in [0.15, 0.2) is 41.5 Å². The Morgan fingerprint density at radius 3 is 2.67 bits per heavy atom. The van der Waals surface area contributed by atoms with Crippen LogP contribution in [-0.4, -0.2) is 34.6 Å². The SMILES string of the molecule is CCNC(=NCc1ccn[nH]1)N(C)Cc1ccc(C)cc1. The Hall–Kier alpha value is -2.30. The number of H-pyrrole nitrogens is 1.